The van der Waals surface area contributed by atoms with E-state index in [9.17, 15) is 4.79 Å². The number of aliphatic hydroxyl groups is 1. The van der Waals surface area contributed by atoms with Gasteiger partial charge < -0.3 is 10.0 Å². The van der Waals surface area contributed by atoms with Gasteiger partial charge in [-0.25, -0.2) is 9.97 Å². The van der Waals surface area contributed by atoms with Gasteiger partial charge in [-0.15, -0.1) is 0 Å². The Hall–Kier alpha value is -2.31. The Bertz CT molecular complexity index is 858. The fourth-order valence-corrected chi connectivity index (χ4v) is 4.29. The van der Waals surface area contributed by atoms with E-state index in [1.54, 1.807) is 6.20 Å². The molecular weight excluding hydrogens is 364 g/mol. The molecule has 0 bridgehead atoms. The third-order valence-electron chi connectivity index (χ3n) is 6.17. The number of aliphatic hydroxyl groups excluding tert-OH is 1. The van der Waals surface area contributed by atoms with E-state index in [-0.39, 0.29) is 18.3 Å². The number of nitrogens with zero attached hydrogens (tertiary/aromatic N) is 4. The number of anilines is 1. The highest BCUT2D eigenvalue weighted by molar-refractivity contribution is 5.98. The highest BCUT2D eigenvalue weighted by atomic mass is 16.3. The number of hydrogen-bond acceptors (Lipinski definition) is 6. The summed E-state index contributed by atoms with van der Waals surface area (Å²) in [6, 6.07) is 8.69. The SMILES string of the molecule is CC(C)c1ccc([C@@H]2CC(=O)c3cnc(N4CCN(CCO)CC4)nc3C2)cc1. The van der Waals surface area contributed by atoms with Gasteiger partial charge >= 0.3 is 0 Å². The number of fused-ring (bicyclic) bond motifs is 1. The first-order valence-corrected chi connectivity index (χ1v) is 10.6. The molecule has 2 aromatic rings. The molecule has 1 aliphatic carbocycles. The Balaban J connectivity index is 1.50. The molecule has 2 heterocycles. The van der Waals surface area contributed by atoms with E-state index in [0.717, 1.165) is 44.2 Å². The van der Waals surface area contributed by atoms with Gasteiger partial charge in [0, 0.05) is 45.3 Å². The molecule has 0 spiro atoms. The molecule has 29 heavy (non-hydrogen) atoms. The number of benzene rings is 1. The molecule has 1 N–H and O–H groups in total. The van der Waals surface area contributed by atoms with Gasteiger partial charge in [0.1, 0.15) is 0 Å². The number of piperazine rings is 1. The van der Waals surface area contributed by atoms with Gasteiger partial charge in [0.2, 0.25) is 5.95 Å². The molecule has 6 heteroatoms. The molecule has 1 aliphatic heterocycles. The maximum absolute atomic E-state index is 12.7. The minimum atomic E-state index is 0.142. The van der Waals surface area contributed by atoms with Crippen molar-refractivity contribution in [1.29, 1.82) is 0 Å². The van der Waals surface area contributed by atoms with Crippen molar-refractivity contribution in [2.45, 2.75) is 38.5 Å². The van der Waals surface area contributed by atoms with Crippen molar-refractivity contribution in [2.75, 3.05) is 44.2 Å². The lowest BCUT2D eigenvalue weighted by Crippen LogP contribution is -2.47. The minimum Gasteiger partial charge on any atom is -0.395 e. The second-order valence-electron chi connectivity index (χ2n) is 8.43. The van der Waals surface area contributed by atoms with Crippen molar-refractivity contribution in [3.05, 3.63) is 52.8 Å². The number of carbonyl (C=O) groups excluding carboxylic acids is 1. The fourth-order valence-electron chi connectivity index (χ4n) is 4.29. The zero-order valence-corrected chi connectivity index (χ0v) is 17.3. The van der Waals surface area contributed by atoms with Gasteiger partial charge in [-0.05, 0) is 29.4 Å². The quantitative estimate of drug-likeness (QED) is 0.841. The summed E-state index contributed by atoms with van der Waals surface area (Å²) in [6.45, 7) is 8.76. The summed E-state index contributed by atoms with van der Waals surface area (Å²) < 4.78 is 0. The number of β-amino-alcohol motifs (C(OH)–C–C–N with tert-alkyl or cyclic N) is 1. The maximum Gasteiger partial charge on any atom is 0.225 e. The zero-order chi connectivity index (χ0) is 20.4. The lowest BCUT2D eigenvalue weighted by molar-refractivity contribution is 0.0962. The molecule has 1 atom stereocenters. The van der Waals surface area contributed by atoms with Gasteiger partial charge in [0.15, 0.2) is 5.78 Å². The van der Waals surface area contributed by atoms with Crippen LogP contribution in [0.1, 0.15) is 59.3 Å². The number of ketones is 1. The Morgan fingerprint density at radius 1 is 1.10 bits per heavy atom. The number of carbonyl (C=O) groups is 1. The normalized spacial score (nSPS) is 20.2. The highest BCUT2D eigenvalue weighted by Gasteiger charge is 2.29. The van der Waals surface area contributed by atoms with Crippen LogP contribution >= 0.6 is 0 Å². The summed E-state index contributed by atoms with van der Waals surface area (Å²) >= 11 is 0. The summed E-state index contributed by atoms with van der Waals surface area (Å²) in [5.41, 5.74) is 4.09. The first-order chi connectivity index (χ1) is 14.0. The molecule has 0 saturated carbocycles. The molecule has 6 nitrogen and oxygen atoms in total. The molecule has 0 unspecified atom stereocenters. The third-order valence-corrected chi connectivity index (χ3v) is 6.17. The smallest absolute Gasteiger partial charge is 0.225 e. The molecule has 0 amide bonds. The molecule has 154 valence electrons. The predicted octanol–water partition coefficient (Wildman–Crippen LogP) is 2.63. The number of rotatable bonds is 5. The molecule has 1 aromatic carbocycles. The van der Waals surface area contributed by atoms with Crippen LogP contribution in [-0.2, 0) is 6.42 Å². The van der Waals surface area contributed by atoms with Crippen LogP contribution in [0.25, 0.3) is 0 Å². The Labute approximate surface area is 172 Å². The van der Waals surface area contributed by atoms with E-state index in [0.29, 0.717) is 24.4 Å². The Morgan fingerprint density at radius 2 is 1.83 bits per heavy atom. The molecule has 1 saturated heterocycles. The van der Waals surface area contributed by atoms with Crippen LogP contribution in [0, 0.1) is 0 Å². The number of hydrogen-bond donors (Lipinski definition) is 1. The largest absolute Gasteiger partial charge is 0.395 e. The van der Waals surface area contributed by atoms with Crippen LogP contribution < -0.4 is 4.90 Å². The van der Waals surface area contributed by atoms with E-state index >= 15 is 0 Å². The summed E-state index contributed by atoms with van der Waals surface area (Å²) in [6.07, 6.45) is 3.02. The van der Waals surface area contributed by atoms with Crippen LogP contribution in [0.2, 0.25) is 0 Å². The van der Waals surface area contributed by atoms with Crippen molar-refractivity contribution in [1.82, 2.24) is 14.9 Å². The predicted molar refractivity (Wildman–Crippen MR) is 114 cm³/mol. The Kier molecular flexibility index (Phi) is 5.92. The minimum absolute atomic E-state index is 0.142. The molecule has 1 fully saturated rings. The summed E-state index contributed by atoms with van der Waals surface area (Å²) in [7, 11) is 0. The molecule has 1 aromatic heterocycles. The van der Waals surface area contributed by atoms with Crippen LogP contribution in [-0.4, -0.2) is 65.1 Å². The third kappa shape index (κ3) is 4.33. The lowest BCUT2D eigenvalue weighted by atomic mass is 9.81. The Morgan fingerprint density at radius 3 is 2.48 bits per heavy atom. The average Bonchev–Trinajstić information content (AvgIpc) is 2.74. The molecular formula is C23H30N4O2. The van der Waals surface area contributed by atoms with Crippen molar-refractivity contribution in [2.24, 2.45) is 0 Å². The van der Waals surface area contributed by atoms with E-state index < -0.39 is 0 Å². The van der Waals surface area contributed by atoms with Crippen molar-refractivity contribution in [3.8, 4) is 0 Å². The van der Waals surface area contributed by atoms with E-state index in [1.165, 1.54) is 11.1 Å². The fraction of sp³-hybridized carbons (Fsp3) is 0.522. The van der Waals surface area contributed by atoms with Gasteiger partial charge in [-0.1, -0.05) is 38.1 Å². The van der Waals surface area contributed by atoms with Crippen LogP contribution in [0.15, 0.2) is 30.5 Å². The van der Waals surface area contributed by atoms with E-state index in [1.807, 2.05) is 0 Å². The van der Waals surface area contributed by atoms with E-state index in [2.05, 4.69) is 52.9 Å². The van der Waals surface area contributed by atoms with Gasteiger partial charge in [0.05, 0.1) is 17.9 Å². The summed E-state index contributed by atoms with van der Waals surface area (Å²) in [5, 5.41) is 9.11. The van der Waals surface area contributed by atoms with Crippen LogP contribution in [0.5, 0.6) is 0 Å². The zero-order valence-electron chi connectivity index (χ0n) is 17.3. The first-order valence-electron chi connectivity index (χ1n) is 10.6. The standard InChI is InChI=1S/C23H30N4O2/c1-16(2)17-3-5-18(6-4-17)19-13-21-20(22(29)14-19)15-24-23(25-21)27-9-7-26(8-10-27)11-12-28/h3-6,15-16,19,28H,7-14H2,1-2H3/t19-/m0/s1. The van der Waals surface area contributed by atoms with Gasteiger partial charge in [-0.2, -0.15) is 0 Å². The van der Waals surface area contributed by atoms with Crippen molar-refractivity contribution in [3.63, 3.8) is 0 Å². The number of aromatic nitrogens is 2. The monoisotopic (exact) mass is 394 g/mol. The second kappa shape index (κ2) is 8.59. The average molecular weight is 395 g/mol. The molecule has 2 aliphatic rings. The van der Waals surface area contributed by atoms with Gasteiger partial charge in [0.25, 0.3) is 0 Å². The number of Topliss-reactive ketones (excluding diaryl/α,β-unsaturated/α-hetero) is 1. The molecule has 4 rings (SSSR count). The topological polar surface area (TPSA) is 69.6 Å². The first kappa shape index (κ1) is 20.0. The molecule has 0 radical (unpaired) electrons. The maximum atomic E-state index is 12.7. The van der Waals surface area contributed by atoms with Crippen molar-refractivity contribution < 1.29 is 9.90 Å². The second-order valence-corrected chi connectivity index (χ2v) is 8.43. The van der Waals surface area contributed by atoms with Gasteiger partial charge in [-0.3, -0.25) is 9.69 Å². The lowest BCUT2D eigenvalue weighted by Gasteiger charge is -2.34. The van der Waals surface area contributed by atoms with Crippen LogP contribution in [0.4, 0.5) is 5.95 Å². The van der Waals surface area contributed by atoms with Crippen LogP contribution in [0.3, 0.4) is 0 Å². The van der Waals surface area contributed by atoms with Crippen molar-refractivity contribution >= 4 is 11.7 Å². The summed E-state index contributed by atoms with van der Waals surface area (Å²) in [4.78, 5) is 26.4. The van der Waals surface area contributed by atoms with E-state index in [4.69, 9.17) is 10.1 Å². The highest BCUT2D eigenvalue weighted by Crippen LogP contribution is 2.33. The summed E-state index contributed by atoms with van der Waals surface area (Å²) in [5.74, 6) is 1.55.